The highest BCUT2D eigenvalue weighted by molar-refractivity contribution is 5.76. The average Bonchev–Trinajstić information content (AvgIpc) is 2.94. The molecule has 114 valence electrons. The normalized spacial score (nSPS) is 28.6. The standard InChI is InChI=1S/C16H27NO3/c18-16(10-13-2-1-3-13)17-7-4-15(5-8-17)20-12-14-6-9-19-11-14/h13-15H,1-12H2/t14-/m0/s1. The van der Waals surface area contributed by atoms with Crippen LogP contribution in [0.25, 0.3) is 0 Å². The first-order valence-corrected chi connectivity index (χ1v) is 8.28. The van der Waals surface area contributed by atoms with Gasteiger partial charge in [0, 0.05) is 32.0 Å². The molecule has 1 atom stereocenters. The summed E-state index contributed by atoms with van der Waals surface area (Å²) in [6.07, 6.45) is 8.11. The third-order valence-corrected chi connectivity index (χ3v) is 5.07. The molecule has 2 heterocycles. The van der Waals surface area contributed by atoms with Gasteiger partial charge in [0.1, 0.15) is 0 Å². The molecule has 0 bridgehead atoms. The second-order valence-corrected chi connectivity index (χ2v) is 6.64. The van der Waals surface area contributed by atoms with Gasteiger partial charge in [-0.2, -0.15) is 0 Å². The molecule has 2 saturated heterocycles. The molecule has 0 radical (unpaired) electrons. The maximum Gasteiger partial charge on any atom is 0.222 e. The van der Waals surface area contributed by atoms with Crippen molar-refractivity contribution in [2.45, 2.75) is 51.0 Å². The summed E-state index contributed by atoms with van der Waals surface area (Å²) in [5.41, 5.74) is 0. The Balaban J connectivity index is 1.32. The predicted octanol–water partition coefficient (Wildman–Crippen LogP) is 2.22. The number of piperidine rings is 1. The monoisotopic (exact) mass is 281 g/mol. The molecular formula is C16H27NO3. The molecule has 1 amide bonds. The van der Waals surface area contributed by atoms with Crippen molar-refractivity contribution >= 4 is 5.91 Å². The Kier molecular flexibility index (Phi) is 4.94. The van der Waals surface area contributed by atoms with Gasteiger partial charge in [0.05, 0.1) is 19.3 Å². The molecule has 0 unspecified atom stereocenters. The predicted molar refractivity (Wildman–Crippen MR) is 76.4 cm³/mol. The van der Waals surface area contributed by atoms with E-state index in [-0.39, 0.29) is 0 Å². The Labute approximate surface area is 121 Å². The minimum atomic E-state index is 0.350. The van der Waals surface area contributed by atoms with Gasteiger partial charge in [-0.15, -0.1) is 0 Å². The van der Waals surface area contributed by atoms with Crippen LogP contribution in [0.4, 0.5) is 0 Å². The van der Waals surface area contributed by atoms with Gasteiger partial charge in [-0.05, 0) is 38.0 Å². The molecule has 0 aromatic carbocycles. The molecule has 1 saturated carbocycles. The summed E-state index contributed by atoms with van der Waals surface area (Å²) in [4.78, 5) is 14.2. The van der Waals surface area contributed by atoms with Gasteiger partial charge in [-0.3, -0.25) is 4.79 Å². The number of nitrogens with zero attached hydrogens (tertiary/aromatic N) is 1. The Bertz CT molecular complexity index is 316. The summed E-state index contributed by atoms with van der Waals surface area (Å²) in [5.74, 6) is 1.64. The van der Waals surface area contributed by atoms with Gasteiger partial charge in [0.25, 0.3) is 0 Å². The second-order valence-electron chi connectivity index (χ2n) is 6.64. The largest absolute Gasteiger partial charge is 0.381 e. The maximum absolute atomic E-state index is 12.1. The molecule has 4 heteroatoms. The lowest BCUT2D eigenvalue weighted by Crippen LogP contribution is -2.42. The quantitative estimate of drug-likeness (QED) is 0.775. The van der Waals surface area contributed by atoms with Crippen LogP contribution in [0.2, 0.25) is 0 Å². The average molecular weight is 281 g/mol. The van der Waals surface area contributed by atoms with E-state index < -0.39 is 0 Å². The molecule has 0 spiro atoms. The fourth-order valence-corrected chi connectivity index (χ4v) is 3.33. The number of carbonyl (C=O) groups is 1. The SMILES string of the molecule is O=C(CC1CCC1)N1CCC(OC[C@H]2CCOC2)CC1. The van der Waals surface area contributed by atoms with Gasteiger partial charge < -0.3 is 14.4 Å². The topological polar surface area (TPSA) is 38.8 Å². The maximum atomic E-state index is 12.1. The summed E-state index contributed by atoms with van der Waals surface area (Å²) in [6.45, 7) is 4.36. The lowest BCUT2D eigenvalue weighted by atomic mass is 9.82. The molecule has 3 aliphatic rings. The van der Waals surface area contributed by atoms with Crippen LogP contribution in [0.5, 0.6) is 0 Å². The van der Waals surface area contributed by atoms with Crippen molar-refractivity contribution in [1.29, 1.82) is 0 Å². The fraction of sp³-hybridized carbons (Fsp3) is 0.938. The van der Waals surface area contributed by atoms with Crippen LogP contribution in [0.1, 0.15) is 44.9 Å². The number of amides is 1. The molecule has 0 aromatic heterocycles. The van der Waals surface area contributed by atoms with Crippen molar-refractivity contribution in [3.63, 3.8) is 0 Å². The van der Waals surface area contributed by atoms with Crippen LogP contribution < -0.4 is 0 Å². The van der Waals surface area contributed by atoms with Crippen LogP contribution in [0.3, 0.4) is 0 Å². The van der Waals surface area contributed by atoms with Crippen LogP contribution in [0, 0.1) is 11.8 Å². The highest BCUT2D eigenvalue weighted by Gasteiger charge is 2.27. The highest BCUT2D eigenvalue weighted by Crippen LogP contribution is 2.30. The molecule has 2 aliphatic heterocycles. The summed E-state index contributed by atoms with van der Waals surface area (Å²) in [5, 5.41) is 0. The van der Waals surface area contributed by atoms with Gasteiger partial charge in [0.15, 0.2) is 0 Å². The Morgan fingerprint density at radius 2 is 1.90 bits per heavy atom. The molecule has 3 fully saturated rings. The summed E-state index contributed by atoms with van der Waals surface area (Å²) < 4.78 is 11.4. The van der Waals surface area contributed by atoms with Crippen molar-refractivity contribution in [3.8, 4) is 0 Å². The molecule has 0 N–H and O–H groups in total. The first kappa shape index (κ1) is 14.3. The van der Waals surface area contributed by atoms with Crippen LogP contribution in [-0.4, -0.2) is 49.8 Å². The van der Waals surface area contributed by atoms with E-state index in [0.29, 0.717) is 23.8 Å². The third kappa shape index (κ3) is 3.73. The number of ether oxygens (including phenoxy) is 2. The number of likely N-dealkylation sites (tertiary alicyclic amines) is 1. The van der Waals surface area contributed by atoms with Crippen molar-refractivity contribution in [3.05, 3.63) is 0 Å². The van der Waals surface area contributed by atoms with Crippen LogP contribution in [0.15, 0.2) is 0 Å². The fourth-order valence-electron chi connectivity index (χ4n) is 3.33. The van der Waals surface area contributed by atoms with Crippen LogP contribution >= 0.6 is 0 Å². The molecule has 3 rings (SSSR count). The van der Waals surface area contributed by atoms with E-state index in [1.165, 1.54) is 19.3 Å². The molecule has 20 heavy (non-hydrogen) atoms. The molecule has 1 aliphatic carbocycles. The van der Waals surface area contributed by atoms with E-state index in [4.69, 9.17) is 9.47 Å². The second kappa shape index (κ2) is 6.90. The van der Waals surface area contributed by atoms with Crippen molar-refractivity contribution < 1.29 is 14.3 Å². The Hall–Kier alpha value is -0.610. The van der Waals surface area contributed by atoms with Crippen molar-refractivity contribution in [2.75, 3.05) is 32.9 Å². The minimum absolute atomic E-state index is 0.350. The first-order chi connectivity index (χ1) is 9.81. The van der Waals surface area contributed by atoms with E-state index in [1.54, 1.807) is 0 Å². The van der Waals surface area contributed by atoms with E-state index in [9.17, 15) is 4.79 Å². The lowest BCUT2D eigenvalue weighted by molar-refractivity contribution is -0.135. The van der Waals surface area contributed by atoms with Crippen molar-refractivity contribution in [2.24, 2.45) is 11.8 Å². The van der Waals surface area contributed by atoms with Gasteiger partial charge in [-0.1, -0.05) is 6.42 Å². The number of hydrogen-bond donors (Lipinski definition) is 0. The van der Waals surface area contributed by atoms with E-state index in [2.05, 4.69) is 4.90 Å². The lowest BCUT2D eigenvalue weighted by Gasteiger charge is -2.34. The number of hydrogen-bond acceptors (Lipinski definition) is 3. The zero-order valence-corrected chi connectivity index (χ0v) is 12.4. The Morgan fingerprint density at radius 1 is 1.10 bits per heavy atom. The summed E-state index contributed by atoms with van der Waals surface area (Å²) in [7, 11) is 0. The summed E-state index contributed by atoms with van der Waals surface area (Å²) in [6, 6.07) is 0. The highest BCUT2D eigenvalue weighted by atomic mass is 16.5. The number of carbonyl (C=O) groups excluding carboxylic acids is 1. The van der Waals surface area contributed by atoms with E-state index in [1.807, 2.05) is 0 Å². The third-order valence-electron chi connectivity index (χ3n) is 5.07. The smallest absolute Gasteiger partial charge is 0.222 e. The van der Waals surface area contributed by atoms with E-state index in [0.717, 1.165) is 58.6 Å². The number of rotatable bonds is 5. The molecular weight excluding hydrogens is 254 g/mol. The zero-order chi connectivity index (χ0) is 13.8. The Morgan fingerprint density at radius 3 is 2.50 bits per heavy atom. The zero-order valence-electron chi connectivity index (χ0n) is 12.4. The van der Waals surface area contributed by atoms with Gasteiger partial charge in [-0.25, -0.2) is 0 Å². The van der Waals surface area contributed by atoms with Gasteiger partial charge >= 0.3 is 0 Å². The summed E-state index contributed by atoms with van der Waals surface area (Å²) >= 11 is 0. The van der Waals surface area contributed by atoms with Gasteiger partial charge in [0.2, 0.25) is 5.91 Å². The minimum Gasteiger partial charge on any atom is -0.381 e. The molecule has 4 nitrogen and oxygen atoms in total. The van der Waals surface area contributed by atoms with E-state index >= 15 is 0 Å². The molecule has 0 aromatic rings. The first-order valence-electron chi connectivity index (χ1n) is 8.28. The van der Waals surface area contributed by atoms with Crippen LogP contribution in [-0.2, 0) is 14.3 Å². The van der Waals surface area contributed by atoms with Crippen molar-refractivity contribution in [1.82, 2.24) is 4.90 Å².